The van der Waals surface area contributed by atoms with Crippen LogP contribution < -0.4 is 11.1 Å². The fourth-order valence-corrected chi connectivity index (χ4v) is 4.19. The number of amides is 2. The summed E-state index contributed by atoms with van der Waals surface area (Å²) in [7, 11) is 0. The van der Waals surface area contributed by atoms with E-state index in [1.165, 1.54) is 6.92 Å². The third kappa shape index (κ3) is 5.17. The number of aliphatic hydroxyl groups is 1. The van der Waals surface area contributed by atoms with E-state index in [0.717, 1.165) is 23.0 Å². The van der Waals surface area contributed by atoms with E-state index in [0.29, 0.717) is 11.0 Å². The fourth-order valence-electron chi connectivity index (χ4n) is 4.19. The highest BCUT2D eigenvalue weighted by Crippen LogP contribution is 2.39. The van der Waals surface area contributed by atoms with Gasteiger partial charge in [0, 0.05) is 17.7 Å². The number of hydrogen-bond donors (Lipinski definition) is 3. The van der Waals surface area contributed by atoms with Gasteiger partial charge in [0.05, 0.1) is 23.8 Å². The number of aliphatic hydroxyl groups excluding tert-OH is 1. The number of fused-ring (bicyclic) bond motifs is 1. The summed E-state index contributed by atoms with van der Waals surface area (Å²) in [6.07, 6.45) is -14.7. The Kier molecular flexibility index (Phi) is 6.91. The molecule has 2 aromatic heterocycles. The van der Waals surface area contributed by atoms with Crippen molar-refractivity contribution in [3.8, 4) is 11.3 Å². The van der Waals surface area contributed by atoms with Gasteiger partial charge < -0.3 is 21.1 Å². The zero-order chi connectivity index (χ0) is 29.0. The molecule has 3 atom stereocenters. The van der Waals surface area contributed by atoms with Crippen LogP contribution in [-0.4, -0.2) is 74.0 Å². The number of carbonyl (C=O) groups excluding carboxylic acids is 2. The molecule has 1 fully saturated rings. The quantitative estimate of drug-likeness (QED) is 0.417. The van der Waals surface area contributed by atoms with Gasteiger partial charge in [0.25, 0.3) is 11.8 Å². The largest absolute Gasteiger partial charge is 0.423 e. The minimum atomic E-state index is -5.29. The van der Waals surface area contributed by atoms with E-state index in [2.05, 4.69) is 15.4 Å². The van der Waals surface area contributed by atoms with Gasteiger partial charge >= 0.3 is 12.4 Å². The van der Waals surface area contributed by atoms with Gasteiger partial charge in [0.15, 0.2) is 5.82 Å². The first-order valence-electron chi connectivity index (χ1n) is 11.0. The molecule has 1 saturated heterocycles. The van der Waals surface area contributed by atoms with Gasteiger partial charge in [-0.1, -0.05) is 0 Å². The average Bonchev–Trinajstić information content (AvgIpc) is 3.41. The van der Waals surface area contributed by atoms with E-state index >= 15 is 0 Å². The Hall–Kier alpha value is -4.02. The Labute approximate surface area is 213 Å². The summed E-state index contributed by atoms with van der Waals surface area (Å²) in [5.74, 6) is -4.46. The van der Waals surface area contributed by atoms with Crippen molar-refractivity contribution in [2.45, 2.75) is 37.6 Å². The number of benzene rings is 1. The topological polar surface area (TPSA) is 126 Å². The molecule has 4 rings (SSSR count). The van der Waals surface area contributed by atoms with Crippen LogP contribution in [0.5, 0.6) is 0 Å². The van der Waals surface area contributed by atoms with Crippen molar-refractivity contribution in [3.05, 3.63) is 47.0 Å². The van der Waals surface area contributed by atoms with E-state index in [9.17, 15) is 44.7 Å². The zero-order valence-corrected chi connectivity index (χ0v) is 19.6. The fraction of sp³-hybridized carbons (Fsp3) is 0.364. The third-order valence-corrected chi connectivity index (χ3v) is 6.19. The molecule has 39 heavy (non-hydrogen) atoms. The summed E-state index contributed by atoms with van der Waals surface area (Å²) in [6.45, 7) is -0.418. The molecular weight excluding hydrogens is 548 g/mol. The van der Waals surface area contributed by atoms with E-state index in [1.54, 1.807) is 0 Å². The van der Waals surface area contributed by atoms with Crippen LogP contribution in [0.25, 0.3) is 16.8 Å². The van der Waals surface area contributed by atoms with Gasteiger partial charge in [-0.2, -0.15) is 31.4 Å². The molecule has 1 aromatic carbocycles. The molecule has 2 amide bonds. The van der Waals surface area contributed by atoms with Crippen molar-refractivity contribution in [2.24, 2.45) is 0 Å². The maximum absolute atomic E-state index is 14.8. The lowest BCUT2D eigenvalue weighted by Gasteiger charge is -2.21. The molecule has 0 saturated carbocycles. The summed E-state index contributed by atoms with van der Waals surface area (Å²) in [5.41, 5.74) is 2.54. The van der Waals surface area contributed by atoms with Crippen molar-refractivity contribution in [2.75, 3.05) is 18.8 Å². The predicted molar refractivity (Wildman–Crippen MR) is 117 cm³/mol. The van der Waals surface area contributed by atoms with Gasteiger partial charge in [-0.05, 0) is 30.7 Å². The van der Waals surface area contributed by atoms with E-state index in [4.69, 9.17) is 10.8 Å². The molecule has 17 heteroatoms. The van der Waals surface area contributed by atoms with Gasteiger partial charge in [0.2, 0.25) is 6.10 Å². The molecule has 0 spiro atoms. The number of rotatable bonds is 4. The number of nitrogens with one attached hydrogen (secondary N) is 1. The molecule has 210 valence electrons. The van der Waals surface area contributed by atoms with Crippen LogP contribution in [0.4, 0.5) is 40.9 Å². The van der Waals surface area contributed by atoms with Gasteiger partial charge in [0.1, 0.15) is 23.8 Å². The first kappa shape index (κ1) is 28.0. The smallest absolute Gasteiger partial charge is 0.382 e. The standard InChI is InChI=1S/C22H18F8N6O3/c1-8-10(19(38)34-14-6-35(5-13(14)24)20(39)17(37)22(28,29)30)2-9(3-12(8)23)15-4-11(21(25,26)27)16-18(31)32-7-33-36(15)16/h2-4,7,13-14,17,37H,5-6H2,1H3,(H,34,38)(H2,31,32,33)/t13-,14+,17?/m0/s1. The maximum Gasteiger partial charge on any atom is 0.423 e. The number of hydrogen-bond acceptors (Lipinski definition) is 6. The molecule has 1 aliphatic heterocycles. The number of nitrogen functional groups attached to an aromatic ring is 1. The van der Waals surface area contributed by atoms with Crippen LogP contribution in [0.15, 0.2) is 24.5 Å². The molecular formula is C22H18F8N6O3. The van der Waals surface area contributed by atoms with Crippen molar-refractivity contribution < 1.29 is 49.8 Å². The predicted octanol–water partition coefficient (Wildman–Crippen LogP) is 2.65. The lowest BCUT2D eigenvalue weighted by atomic mass is 10.0. The number of alkyl halides is 7. The molecule has 3 aromatic rings. The van der Waals surface area contributed by atoms with Crippen molar-refractivity contribution in [1.82, 2.24) is 24.8 Å². The highest BCUT2D eigenvalue weighted by molar-refractivity contribution is 5.97. The summed E-state index contributed by atoms with van der Waals surface area (Å²) in [6, 6.07) is 0.980. The van der Waals surface area contributed by atoms with E-state index < -0.39 is 83.9 Å². The number of anilines is 1. The minimum Gasteiger partial charge on any atom is -0.382 e. The number of halogens is 8. The van der Waals surface area contributed by atoms with Crippen LogP contribution >= 0.6 is 0 Å². The van der Waals surface area contributed by atoms with Crippen molar-refractivity contribution >= 4 is 23.1 Å². The lowest BCUT2D eigenvalue weighted by molar-refractivity contribution is -0.210. The summed E-state index contributed by atoms with van der Waals surface area (Å²) >= 11 is 0. The maximum atomic E-state index is 14.8. The first-order valence-corrected chi connectivity index (χ1v) is 11.0. The Balaban J connectivity index is 1.66. The van der Waals surface area contributed by atoms with Crippen LogP contribution in [0.2, 0.25) is 0 Å². The van der Waals surface area contributed by atoms with E-state index in [1.807, 2.05) is 0 Å². The number of aromatic nitrogens is 3. The summed E-state index contributed by atoms with van der Waals surface area (Å²) < 4.78 is 109. The third-order valence-electron chi connectivity index (χ3n) is 6.19. The second-order valence-corrected chi connectivity index (χ2v) is 8.76. The van der Waals surface area contributed by atoms with Crippen LogP contribution in [0.1, 0.15) is 21.5 Å². The molecule has 0 bridgehead atoms. The second kappa shape index (κ2) is 9.62. The first-order chi connectivity index (χ1) is 18.0. The average molecular weight is 566 g/mol. The molecule has 4 N–H and O–H groups in total. The second-order valence-electron chi connectivity index (χ2n) is 8.76. The Morgan fingerprint density at radius 1 is 1.15 bits per heavy atom. The Morgan fingerprint density at radius 2 is 1.82 bits per heavy atom. The Bertz CT molecular complexity index is 1450. The molecule has 1 aliphatic rings. The lowest BCUT2D eigenvalue weighted by Crippen LogP contribution is -2.47. The highest BCUT2D eigenvalue weighted by atomic mass is 19.4. The van der Waals surface area contributed by atoms with Crippen LogP contribution in [0, 0.1) is 12.7 Å². The number of carbonyl (C=O) groups is 2. The van der Waals surface area contributed by atoms with Crippen molar-refractivity contribution in [1.29, 1.82) is 0 Å². The van der Waals surface area contributed by atoms with Crippen molar-refractivity contribution in [3.63, 3.8) is 0 Å². The monoisotopic (exact) mass is 566 g/mol. The molecule has 1 unspecified atom stereocenters. The zero-order valence-electron chi connectivity index (χ0n) is 19.6. The molecule has 3 heterocycles. The normalized spacial score (nSPS) is 19.0. The molecule has 9 nitrogen and oxygen atoms in total. The number of likely N-dealkylation sites (tertiary alicyclic amines) is 1. The SMILES string of the molecule is Cc1c(F)cc(-c2cc(C(F)(F)F)c3c(N)ncnn23)cc1C(=O)N[C@@H]1CN(C(=O)C(O)C(F)(F)F)C[C@@H]1F. The molecule has 0 aliphatic carbocycles. The number of nitrogens with zero attached hydrogens (tertiary/aromatic N) is 4. The van der Waals surface area contributed by atoms with Crippen LogP contribution in [0.3, 0.4) is 0 Å². The van der Waals surface area contributed by atoms with Gasteiger partial charge in [-0.25, -0.2) is 18.3 Å². The molecule has 0 radical (unpaired) electrons. The van der Waals surface area contributed by atoms with Gasteiger partial charge in [-0.15, -0.1) is 0 Å². The Morgan fingerprint density at radius 3 is 2.44 bits per heavy atom. The minimum absolute atomic E-state index is 0.236. The number of nitrogens with two attached hydrogens (primary N) is 1. The summed E-state index contributed by atoms with van der Waals surface area (Å²) in [4.78, 5) is 28.7. The van der Waals surface area contributed by atoms with Gasteiger partial charge in [-0.3, -0.25) is 9.59 Å². The summed E-state index contributed by atoms with van der Waals surface area (Å²) in [5, 5.41) is 15.0. The van der Waals surface area contributed by atoms with E-state index in [-0.39, 0.29) is 16.8 Å². The highest BCUT2D eigenvalue weighted by Gasteiger charge is 2.48. The van der Waals surface area contributed by atoms with Crippen LogP contribution in [-0.2, 0) is 11.0 Å².